The highest BCUT2D eigenvalue weighted by Crippen LogP contribution is 2.48. The zero-order chi connectivity index (χ0) is 16.4. The number of fused-ring (bicyclic) bond motifs is 3. The minimum atomic E-state index is -0.442. The summed E-state index contributed by atoms with van der Waals surface area (Å²) in [5.41, 5.74) is 5.96. The molecule has 2 aromatic rings. The minimum absolute atomic E-state index is 0.00688. The van der Waals surface area contributed by atoms with Crippen molar-refractivity contribution < 1.29 is 9.31 Å². The normalized spacial score (nSPS) is 20.2. The van der Waals surface area contributed by atoms with Gasteiger partial charge in [-0.1, -0.05) is 62.9 Å². The molecular weight excluding hydrogens is 283 g/mol. The molecule has 0 spiro atoms. The maximum absolute atomic E-state index is 6.03. The van der Waals surface area contributed by atoms with Crippen molar-refractivity contribution in [2.75, 3.05) is 0 Å². The molecule has 0 radical (unpaired) electrons. The van der Waals surface area contributed by atoms with Crippen LogP contribution in [0.15, 0.2) is 54.8 Å². The number of benzene rings is 2. The van der Waals surface area contributed by atoms with Crippen LogP contribution < -0.4 is 5.46 Å². The Kier molecular flexibility index (Phi) is 2.86. The summed E-state index contributed by atoms with van der Waals surface area (Å²) < 4.78 is 11.9. The quantitative estimate of drug-likeness (QED) is 0.741. The van der Waals surface area contributed by atoms with Crippen LogP contribution in [-0.4, -0.2) is 12.7 Å². The minimum Gasteiger partial charge on any atom is -0.534 e. The Morgan fingerprint density at radius 2 is 1.61 bits per heavy atom. The van der Waals surface area contributed by atoms with Crippen LogP contribution in [0.2, 0.25) is 0 Å². The second kappa shape index (κ2) is 4.51. The summed E-state index contributed by atoms with van der Waals surface area (Å²) in [6.45, 7) is 12.5. The van der Waals surface area contributed by atoms with Crippen molar-refractivity contribution in [3.63, 3.8) is 0 Å². The van der Waals surface area contributed by atoms with E-state index >= 15 is 0 Å². The average Bonchev–Trinajstić information content (AvgIpc) is 2.92. The van der Waals surface area contributed by atoms with E-state index in [1.807, 2.05) is 13.8 Å². The summed E-state index contributed by atoms with van der Waals surface area (Å²) in [4.78, 5) is 0. The Morgan fingerprint density at radius 1 is 0.913 bits per heavy atom. The van der Waals surface area contributed by atoms with E-state index in [2.05, 4.69) is 62.9 Å². The molecule has 0 saturated carbocycles. The van der Waals surface area contributed by atoms with Gasteiger partial charge in [-0.2, -0.15) is 0 Å². The molecule has 1 aliphatic heterocycles. The van der Waals surface area contributed by atoms with Crippen molar-refractivity contribution in [3.8, 4) is 11.1 Å². The fourth-order valence-corrected chi connectivity index (χ4v) is 3.63. The number of rotatable bonds is 1. The number of hydrogen-bond acceptors (Lipinski definition) is 2. The largest absolute Gasteiger partial charge is 0.563 e. The smallest absolute Gasteiger partial charge is 0.534 e. The van der Waals surface area contributed by atoms with Gasteiger partial charge in [0.05, 0.1) is 5.76 Å². The average molecular weight is 304 g/mol. The van der Waals surface area contributed by atoms with Crippen molar-refractivity contribution in [1.82, 2.24) is 0 Å². The van der Waals surface area contributed by atoms with Crippen LogP contribution in [0.1, 0.15) is 38.8 Å². The van der Waals surface area contributed by atoms with Crippen LogP contribution in [0.4, 0.5) is 0 Å². The van der Waals surface area contributed by atoms with Crippen LogP contribution in [0.25, 0.3) is 11.1 Å². The number of hydrogen-bond donors (Lipinski definition) is 0. The maximum Gasteiger partial charge on any atom is 0.563 e. The lowest BCUT2D eigenvalue weighted by Gasteiger charge is -2.22. The molecule has 2 aliphatic rings. The van der Waals surface area contributed by atoms with E-state index in [-0.39, 0.29) is 12.5 Å². The van der Waals surface area contributed by atoms with Crippen LogP contribution in [0, 0.1) is 0 Å². The predicted molar refractivity (Wildman–Crippen MR) is 94.8 cm³/mol. The highest BCUT2D eigenvalue weighted by molar-refractivity contribution is 6.62. The molecule has 2 nitrogen and oxygen atoms in total. The van der Waals surface area contributed by atoms with E-state index in [1.165, 1.54) is 22.3 Å². The topological polar surface area (TPSA) is 18.5 Å². The lowest BCUT2D eigenvalue weighted by Crippen LogP contribution is -2.35. The molecule has 0 bridgehead atoms. The van der Waals surface area contributed by atoms with Crippen molar-refractivity contribution in [2.24, 2.45) is 0 Å². The third-order valence-corrected chi connectivity index (χ3v) is 5.20. The molecule has 2 aromatic carbocycles. The van der Waals surface area contributed by atoms with Gasteiger partial charge in [0.2, 0.25) is 0 Å². The Labute approximate surface area is 138 Å². The molecule has 0 N–H and O–H groups in total. The first kappa shape index (κ1) is 14.6. The predicted octanol–water partition coefficient (Wildman–Crippen LogP) is 4.03. The first-order valence-corrected chi connectivity index (χ1v) is 8.09. The van der Waals surface area contributed by atoms with Gasteiger partial charge in [-0.15, -0.1) is 0 Å². The van der Waals surface area contributed by atoms with Crippen LogP contribution in [-0.2, 0) is 14.7 Å². The van der Waals surface area contributed by atoms with Gasteiger partial charge in [-0.25, -0.2) is 0 Å². The third-order valence-electron chi connectivity index (χ3n) is 5.20. The van der Waals surface area contributed by atoms with Crippen LogP contribution >= 0.6 is 0 Å². The fourth-order valence-electron chi connectivity index (χ4n) is 3.63. The molecular formula is C20H21BO2. The summed E-state index contributed by atoms with van der Waals surface area (Å²) in [6.07, 6.45) is 0. The molecule has 116 valence electrons. The second-order valence-corrected chi connectivity index (χ2v) is 7.48. The van der Waals surface area contributed by atoms with Gasteiger partial charge in [0.25, 0.3) is 0 Å². The highest BCUT2D eigenvalue weighted by atomic mass is 16.7. The Morgan fingerprint density at radius 3 is 2.30 bits per heavy atom. The summed E-state index contributed by atoms with van der Waals surface area (Å²) in [5.74, 6) is 0.686. The first-order chi connectivity index (χ1) is 10.8. The van der Waals surface area contributed by atoms with E-state index < -0.39 is 5.60 Å². The molecule has 1 fully saturated rings. The van der Waals surface area contributed by atoms with E-state index in [1.54, 1.807) is 0 Å². The molecule has 3 heteroatoms. The molecule has 4 rings (SSSR count). The van der Waals surface area contributed by atoms with Gasteiger partial charge < -0.3 is 9.31 Å². The summed E-state index contributed by atoms with van der Waals surface area (Å²) in [5, 5.41) is 0. The molecule has 0 atom stereocenters. The van der Waals surface area contributed by atoms with Gasteiger partial charge in [0.15, 0.2) is 0 Å². The SMILES string of the molecule is C=C1OB(c2ccc3c(c2)C(C)(C)c2ccccc2-3)OC1(C)C. The highest BCUT2D eigenvalue weighted by Gasteiger charge is 2.44. The molecule has 1 saturated heterocycles. The third kappa shape index (κ3) is 2.00. The van der Waals surface area contributed by atoms with Gasteiger partial charge in [-0.3, -0.25) is 0 Å². The van der Waals surface area contributed by atoms with E-state index in [0.717, 1.165) is 5.46 Å². The Hall–Kier alpha value is -2.00. The second-order valence-electron chi connectivity index (χ2n) is 7.48. The molecule has 0 amide bonds. The lowest BCUT2D eigenvalue weighted by atomic mass is 9.74. The van der Waals surface area contributed by atoms with Gasteiger partial charge in [0.1, 0.15) is 5.60 Å². The monoisotopic (exact) mass is 304 g/mol. The molecule has 1 heterocycles. The fraction of sp³-hybridized carbons (Fsp3) is 0.300. The summed E-state index contributed by atoms with van der Waals surface area (Å²) >= 11 is 0. The van der Waals surface area contributed by atoms with E-state index in [0.29, 0.717) is 5.76 Å². The van der Waals surface area contributed by atoms with E-state index in [9.17, 15) is 0 Å². The van der Waals surface area contributed by atoms with E-state index in [4.69, 9.17) is 9.31 Å². The standard InChI is InChI=1S/C20H21BO2/c1-13-20(4,5)23-21(22-13)14-10-11-16-15-8-6-7-9-17(15)19(2,3)18(16)12-14/h6-12H,1H2,2-5H3. The summed E-state index contributed by atoms with van der Waals surface area (Å²) in [7, 11) is -0.373. The van der Waals surface area contributed by atoms with Crippen molar-refractivity contribution in [3.05, 3.63) is 65.9 Å². The Bertz CT molecular complexity index is 820. The maximum atomic E-state index is 6.03. The lowest BCUT2D eigenvalue weighted by molar-refractivity contribution is 0.173. The summed E-state index contributed by atoms with van der Waals surface area (Å²) in [6, 6.07) is 15.2. The molecule has 1 aliphatic carbocycles. The van der Waals surface area contributed by atoms with Gasteiger partial charge in [-0.05, 0) is 41.6 Å². The van der Waals surface area contributed by atoms with Crippen molar-refractivity contribution >= 4 is 12.6 Å². The zero-order valence-electron chi connectivity index (χ0n) is 14.1. The van der Waals surface area contributed by atoms with Gasteiger partial charge >= 0.3 is 7.12 Å². The van der Waals surface area contributed by atoms with Crippen LogP contribution in [0.3, 0.4) is 0 Å². The molecule has 0 aromatic heterocycles. The molecule has 23 heavy (non-hydrogen) atoms. The first-order valence-electron chi connectivity index (χ1n) is 8.09. The van der Waals surface area contributed by atoms with Crippen molar-refractivity contribution in [1.29, 1.82) is 0 Å². The Balaban J connectivity index is 1.80. The zero-order valence-corrected chi connectivity index (χ0v) is 14.1. The van der Waals surface area contributed by atoms with Gasteiger partial charge in [0, 0.05) is 5.41 Å². The van der Waals surface area contributed by atoms with Crippen LogP contribution in [0.5, 0.6) is 0 Å². The van der Waals surface area contributed by atoms with Crippen molar-refractivity contribution in [2.45, 2.75) is 38.7 Å². The molecule has 0 unspecified atom stereocenters.